The maximum Gasteiger partial charge on any atom is 0.333 e. The number of rotatable bonds is 4. The second-order valence-corrected chi connectivity index (χ2v) is 5.88. The van der Waals surface area contributed by atoms with E-state index in [4.69, 9.17) is 0 Å². The molecule has 7 nitrogen and oxygen atoms in total. The third-order valence-corrected chi connectivity index (χ3v) is 3.80. The summed E-state index contributed by atoms with van der Waals surface area (Å²) in [5.41, 5.74) is 7.42. The van der Waals surface area contributed by atoms with Crippen LogP contribution in [-0.2, 0) is 6.54 Å². The Morgan fingerprint density at radius 2 is 1.89 bits per heavy atom. The number of aryl methyl sites for hydroxylation is 1. The number of nitrogens with zero attached hydrogens (tertiary/aromatic N) is 2. The standard InChI is InChI=1S/C19H18FN5O2/c1-13-3-2-4-14(9-13)10-22-19(27)24-23-18(26)17-11-21-12-25(17)16-7-5-15(20)6-8-16/h2-9,11-12H,10H2,1H3,(H,23,26)(H2,22,24,27). The number of carbonyl (C=O) groups is 2. The number of amides is 3. The van der Waals surface area contributed by atoms with Gasteiger partial charge in [-0.15, -0.1) is 0 Å². The topological polar surface area (TPSA) is 88.1 Å². The van der Waals surface area contributed by atoms with Gasteiger partial charge in [0.05, 0.1) is 12.5 Å². The number of benzene rings is 2. The Hall–Kier alpha value is -3.68. The lowest BCUT2D eigenvalue weighted by atomic mass is 10.1. The van der Waals surface area contributed by atoms with Gasteiger partial charge < -0.3 is 5.32 Å². The molecule has 3 aromatic rings. The highest BCUT2D eigenvalue weighted by Crippen LogP contribution is 2.12. The van der Waals surface area contributed by atoms with Crippen molar-refractivity contribution in [3.05, 3.63) is 83.7 Å². The fourth-order valence-electron chi connectivity index (χ4n) is 2.50. The second-order valence-electron chi connectivity index (χ2n) is 5.88. The fourth-order valence-corrected chi connectivity index (χ4v) is 2.50. The molecular weight excluding hydrogens is 349 g/mol. The normalized spacial score (nSPS) is 10.3. The van der Waals surface area contributed by atoms with Crippen molar-refractivity contribution in [2.45, 2.75) is 13.5 Å². The molecule has 3 rings (SSSR count). The Bertz CT molecular complexity index is 953. The van der Waals surface area contributed by atoms with Gasteiger partial charge in [-0.3, -0.25) is 14.8 Å². The second kappa shape index (κ2) is 8.13. The van der Waals surface area contributed by atoms with Crippen molar-refractivity contribution in [2.24, 2.45) is 0 Å². The number of hydrazine groups is 1. The van der Waals surface area contributed by atoms with E-state index < -0.39 is 11.9 Å². The average molecular weight is 367 g/mol. The summed E-state index contributed by atoms with van der Waals surface area (Å²) in [6.07, 6.45) is 2.78. The largest absolute Gasteiger partial charge is 0.333 e. The molecule has 0 bridgehead atoms. The molecule has 1 aromatic heterocycles. The first kappa shape index (κ1) is 18.1. The van der Waals surface area contributed by atoms with Crippen molar-refractivity contribution in [1.29, 1.82) is 0 Å². The summed E-state index contributed by atoms with van der Waals surface area (Å²) in [5, 5.41) is 2.65. The van der Waals surface area contributed by atoms with E-state index in [1.807, 2.05) is 31.2 Å². The number of urea groups is 1. The zero-order chi connectivity index (χ0) is 19.2. The van der Waals surface area contributed by atoms with E-state index >= 15 is 0 Å². The van der Waals surface area contributed by atoms with Gasteiger partial charge in [-0.2, -0.15) is 0 Å². The van der Waals surface area contributed by atoms with Crippen molar-refractivity contribution < 1.29 is 14.0 Å². The molecule has 0 aliphatic rings. The van der Waals surface area contributed by atoms with E-state index in [-0.39, 0.29) is 11.5 Å². The van der Waals surface area contributed by atoms with Gasteiger partial charge >= 0.3 is 6.03 Å². The molecule has 27 heavy (non-hydrogen) atoms. The van der Waals surface area contributed by atoms with E-state index in [9.17, 15) is 14.0 Å². The number of aromatic nitrogens is 2. The lowest BCUT2D eigenvalue weighted by molar-refractivity contribution is 0.0929. The van der Waals surface area contributed by atoms with Gasteiger partial charge in [0, 0.05) is 12.2 Å². The third-order valence-electron chi connectivity index (χ3n) is 3.80. The van der Waals surface area contributed by atoms with Crippen molar-refractivity contribution in [3.63, 3.8) is 0 Å². The Balaban J connectivity index is 1.56. The molecule has 0 aliphatic heterocycles. The first-order valence-corrected chi connectivity index (χ1v) is 8.21. The molecule has 2 aromatic carbocycles. The number of carbonyl (C=O) groups excluding carboxylic acids is 2. The molecule has 0 spiro atoms. The van der Waals surface area contributed by atoms with Crippen molar-refractivity contribution in [2.75, 3.05) is 0 Å². The molecule has 3 amide bonds. The third kappa shape index (κ3) is 4.69. The summed E-state index contributed by atoms with van der Waals surface area (Å²) >= 11 is 0. The number of halogens is 1. The SMILES string of the molecule is Cc1cccc(CNC(=O)NNC(=O)c2cncn2-c2ccc(F)cc2)c1. The number of nitrogens with one attached hydrogen (secondary N) is 3. The Kier molecular flexibility index (Phi) is 5.46. The van der Waals surface area contributed by atoms with Crippen LogP contribution in [-0.4, -0.2) is 21.5 Å². The molecule has 8 heteroatoms. The molecule has 1 heterocycles. The smallest absolute Gasteiger partial charge is 0.333 e. The maximum absolute atomic E-state index is 13.1. The average Bonchev–Trinajstić information content (AvgIpc) is 3.15. The molecule has 3 N–H and O–H groups in total. The van der Waals surface area contributed by atoms with Gasteiger partial charge in [0.1, 0.15) is 11.5 Å². The van der Waals surface area contributed by atoms with E-state index in [0.29, 0.717) is 12.2 Å². The highest BCUT2D eigenvalue weighted by molar-refractivity contribution is 5.94. The van der Waals surface area contributed by atoms with Crippen LogP contribution in [0, 0.1) is 12.7 Å². The van der Waals surface area contributed by atoms with E-state index in [1.54, 1.807) is 0 Å². The quantitative estimate of drug-likeness (QED) is 0.619. The first-order valence-electron chi connectivity index (χ1n) is 8.21. The van der Waals surface area contributed by atoms with Crippen LogP contribution >= 0.6 is 0 Å². The minimum atomic E-state index is -0.553. The Morgan fingerprint density at radius 1 is 1.11 bits per heavy atom. The van der Waals surface area contributed by atoms with Crippen LogP contribution in [0.25, 0.3) is 5.69 Å². The summed E-state index contributed by atoms with van der Waals surface area (Å²) in [5.74, 6) is -0.931. The molecule has 0 saturated carbocycles. The highest BCUT2D eigenvalue weighted by atomic mass is 19.1. The lowest BCUT2D eigenvalue weighted by Gasteiger charge is -2.11. The van der Waals surface area contributed by atoms with Gasteiger partial charge in [-0.1, -0.05) is 29.8 Å². The monoisotopic (exact) mass is 367 g/mol. The van der Waals surface area contributed by atoms with Gasteiger partial charge in [-0.05, 0) is 36.8 Å². The fraction of sp³-hybridized carbons (Fsp3) is 0.105. The predicted octanol–water partition coefficient (Wildman–Crippen LogP) is 2.46. The van der Waals surface area contributed by atoms with Gasteiger partial charge in [0.15, 0.2) is 0 Å². The van der Waals surface area contributed by atoms with Crippen LogP contribution in [0.2, 0.25) is 0 Å². The summed E-state index contributed by atoms with van der Waals surface area (Å²) in [6.45, 7) is 2.30. The van der Waals surface area contributed by atoms with Crippen molar-refractivity contribution in [3.8, 4) is 5.69 Å². The van der Waals surface area contributed by atoms with Crippen LogP contribution in [0.15, 0.2) is 61.1 Å². The zero-order valence-corrected chi connectivity index (χ0v) is 14.6. The van der Waals surface area contributed by atoms with E-state index in [2.05, 4.69) is 21.2 Å². The maximum atomic E-state index is 13.1. The summed E-state index contributed by atoms with van der Waals surface area (Å²) in [7, 11) is 0. The molecule has 0 radical (unpaired) electrons. The van der Waals surface area contributed by atoms with Crippen LogP contribution in [0.1, 0.15) is 21.6 Å². The molecule has 0 fully saturated rings. The van der Waals surface area contributed by atoms with Gasteiger partial charge in [0.25, 0.3) is 5.91 Å². The number of hydrogen-bond acceptors (Lipinski definition) is 3. The van der Waals surface area contributed by atoms with E-state index in [0.717, 1.165) is 11.1 Å². The molecular formula is C19H18FN5O2. The van der Waals surface area contributed by atoms with Crippen LogP contribution in [0.3, 0.4) is 0 Å². The Morgan fingerprint density at radius 3 is 2.63 bits per heavy atom. The molecule has 0 aliphatic carbocycles. The predicted molar refractivity (Wildman–Crippen MR) is 97.5 cm³/mol. The molecule has 138 valence electrons. The van der Waals surface area contributed by atoms with Crippen molar-refractivity contribution >= 4 is 11.9 Å². The zero-order valence-electron chi connectivity index (χ0n) is 14.6. The number of hydrogen-bond donors (Lipinski definition) is 3. The van der Waals surface area contributed by atoms with Crippen LogP contribution in [0.4, 0.5) is 9.18 Å². The first-order chi connectivity index (χ1) is 13.0. The highest BCUT2D eigenvalue weighted by Gasteiger charge is 2.14. The molecule has 0 unspecified atom stereocenters. The van der Waals surface area contributed by atoms with Crippen molar-refractivity contribution in [1.82, 2.24) is 25.7 Å². The van der Waals surface area contributed by atoms with Crippen LogP contribution in [0.5, 0.6) is 0 Å². The van der Waals surface area contributed by atoms with Gasteiger partial charge in [0.2, 0.25) is 0 Å². The summed E-state index contributed by atoms with van der Waals surface area (Å²) in [6, 6.07) is 12.8. The minimum absolute atomic E-state index is 0.195. The minimum Gasteiger partial charge on any atom is -0.333 e. The van der Waals surface area contributed by atoms with Crippen LogP contribution < -0.4 is 16.2 Å². The Labute approximate surface area is 155 Å². The lowest BCUT2D eigenvalue weighted by Crippen LogP contribution is -2.47. The number of imidazole rings is 1. The molecule has 0 atom stereocenters. The van der Waals surface area contributed by atoms with Gasteiger partial charge in [-0.25, -0.2) is 19.6 Å². The molecule has 0 saturated heterocycles. The summed E-state index contributed by atoms with van der Waals surface area (Å²) < 4.78 is 14.5. The summed E-state index contributed by atoms with van der Waals surface area (Å²) in [4.78, 5) is 28.1. The van der Waals surface area contributed by atoms with E-state index in [1.165, 1.54) is 41.4 Å².